The van der Waals surface area contributed by atoms with Crippen molar-refractivity contribution in [3.05, 3.63) is 54.2 Å². The van der Waals surface area contributed by atoms with Gasteiger partial charge in [-0.15, -0.1) is 0 Å². The van der Waals surface area contributed by atoms with Gasteiger partial charge < -0.3 is 9.64 Å². The number of hydrogen-bond donors (Lipinski definition) is 0. The molecule has 0 spiro atoms. The first kappa shape index (κ1) is 16.8. The van der Waals surface area contributed by atoms with Crippen molar-refractivity contribution in [2.75, 3.05) is 31.2 Å². The standard InChI is InChI=1S/C19H16F3N3O/c20-19(21,22)15-11-17(24-16-4-2-1-3-14(15)16)13-5-6-18(23-12-13)25-7-9-26-10-8-25/h1-6,11-12H,7-10H2. The molecule has 0 atom stereocenters. The van der Waals surface area contributed by atoms with Gasteiger partial charge in [-0.05, 0) is 24.3 Å². The van der Waals surface area contributed by atoms with Crippen LogP contribution >= 0.6 is 0 Å². The summed E-state index contributed by atoms with van der Waals surface area (Å²) in [6.45, 7) is 2.78. The van der Waals surface area contributed by atoms with E-state index in [2.05, 4.69) is 14.9 Å². The van der Waals surface area contributed by atoms with Crippen molar-refractivity contribution in [3.63, 3.8) is 0 Å². The fraction of sp³-hybridized carbons (Fsp3) is 0.263. The zero-order chi connectivity index (χ0) is 18.1. The van der Waals surface area contributed by atoms with Gasteiger partial charge in [0.25, 0.3) is 0 Å². The predicted molar refractivity (Wildman–Crippen MR) is 93.0 cm³/mol. The van der Waals surface area contributed by atoms with E-state index < -0.39 is 11.7 Å². The summed E-state index contributed by atoms with van der Waals surface area (Å²) in [6.07, 6.45) is -2.87. The van der Waals surface area contributed by atoms with Crippen LogP contribution in [0.5, 0.6) is 0 Å². The molecule has 1 aliphatic rings. The number of hydrogen-bond acceptors (Lipinski definition) is 4. The van der Waals surface area contributed by atoms with E-state index in [-0.39, 0.29) is 11.1 Å². The molecule has 0 N–H and O–H groups in total. The molecule has 0 amide bonds. The van der Waals surface area contributed by atoms with Gasteiger partial charge >= 0.3 is 6.18 Å². The monoisotopic (exact) mass is 359 g/mol. The van der Waals surface area contributed by atoms with Crippen molar-refractivity contribution < 1.29 is 17.9 Å². The molecule has 1 fully saturated rings. The van der Waals surface area contributed by atoms with Crippen LogP contribution in [-0.2, 0) is 10.9 Å². The van der Waals surface area contributed by atoms with Gasteiger partial charge in [-0.2, -0.15) is 13.2 Å². The van der Waals surface area contributed by atoms with Gasteiger partial charge in [0.2, 0.25) is 0 Å². The van der Waals surface area contributed by atoms with Crippen LogP contribution in [0.1, 0.15) is 5.56 Å². The second-order valence-corrected chi connectivity index (χ2v) is 6.07. The molecule has 1 aromatic carbocycles. The maximum absolute atomic E-state index is 13.5. The van der Waals surface area contributed by atoms with Crippen molar-refractivity contribution in [1.82, 2.24) is 9.97 Å². The predicted octanol–water partition coefficient (Wildman–Crippen LogP) is 4.15. The molecule has 3 heterocycles. The van der Waals surface area contributed by atoms with Gasteiger partial charge in [0, 0.05) is 30.2 Å². The van der Waals surface area contributed by atoms with E-state index in [0.717, 1.165) is 25.0 Å². The number of ether oxygens (including phenoxy) is 1. The summed E-state index contributed by atoms with van der Waals surface area (Å²) in [5.74, 6) is 0.786. The molecule has 1 aliphatic heterocycles. The number of nitrogens with zero attached hydrogens (tertiary/aromatic N) is 3. The first-order chi connectivity index (χ1) is 12.5. The molecule has 7 heteroatoms. The van der Waals surface area contributed by atoms with Crippen LogP contribution in [0.15, 0.2) is 48.7 Å². The van der Waals surface area contributed by atoms with E-state index in [0.29, 0.717) is 24.3 Å². The summed E-state index contributed by atoms with van der Waals surface area (Å²) in [5.41, 5.74) is 0.445. The number of para-hydroxylation sites is 1. The van der Waals surface area contributed by atoms with E-state index in [1.54, 1.807) is 30.5 Å². The number of rotatable bonds is 2. The molecule has 0 radical (unpaired) electrons. The average Bonchev–Trinajstić information content (AvgIpc) is 2.67. The number of alkyl halides is 3. The Morgan fingerprint density at radius 3 is 2.46 bits per heavy atom. The summed E-state index contributed by atoms with van der Waals surface area (Å²) in [7, 11) is 0. The Kier molecular flexibility index (Phi) is 4.24. The van der Waals surface area contributed by atoms with Crippen molar-refractivity contribution in [2.24, 2.45) is 0 Å². The van der Waals surface area contributed by atoms with Crippen LogP contribution in [0, 0.1) is 0 Å². The van der Waals surface area contributed by atoms with Crippen LogP contribution in [0.4, 0.5) is 19.0 Å². The summed E-state index contributed by atoms with van der Waals surface area (Å²) in [4.78, 5) is 10.9. The fourth-order valence-corrected chi connectivity index (χ4v) is 3.07. The third kappa shape index (κ3) is 3.22. The Morgan fingerprint density at radius 1 is 1.00 bits per heavy atom. The zero-order valence-electron chi connectivity index (χ0n) is 13.8. The Balaban J connectivity index is 1.74. The molecule has 2 aromatic heterocycles. The largest absolute Gasteiger partial charge is 0.417 e. The van der Waals surface area contributed by atoms with E-state index >= 15 is 0 Å². The second-order valence-electron chi connectivity index (χ2n) is 6.07. The molecule has 3 aromatic rings. The molecule has 4 nitrogen and oxygen atoms in total. The molecule has 1 saturated heterocycles. The first-order valence-electron chi connectivity index (χ1n) is 8.28. The van der Waals surface area contributed by atoms with E-state index in [1.807, 2.05) is 6.07 Å². The van der Waals surface area contributed by atoms with Gasteiger partial charge in [-0.1, -0.05) is 18.2 Å². The first-order valence-corrected chi connectivity index (χ1v) is 8.28. The lowest BCUT2D eigenvalue weighted by atomic mass is 10.0. The highest BCUT2D eigenvalue weighted by Crippen LogP contribution is 2.36. The van der Waals surface area contributed by atoms with E-state index in [9.17, 15) is 13.2 Å². The third-order valence-electron chi connectivity index (χ3n) is 4.40. The van der Waals surface area contributed by atoms with Crippen LogP contribution in [0.25, 0.3) is 22.2 Å². The molecule has 26 heavy (non-hydrogen) atoms. The Bertz CT molecular complexity index is 919. The number of halogens is 3. The van der Waals surface area contributed by atoms with Crippen molar-refractivity contribution in [2.45, 2.75) is 6.18 Å². The summed E-state index contributed by atoms with van der Waals surface area (Å²) >= 11 is 0. The summed E-state index contributed by atoms with van der Waals surface area (Å²) in [5, 5.41) is 0.0987. The third-order valence-corrected chi connectivity index (χ3v) is 4.40. The molecule has 0 saturated carbocycles. The van der Waals surface area contributed by atoms with E-state index in [1.165, 1.54) is 6.07 Å². The quantitative estimate of drug-likeness (QED) is 0.689. The molecule has 134 valence electrons. The van der Waals surface area contributed by atoms with Crippen LogP contribution in [-0.4, -0.2) is 36.3 Å². The van der Waals surface area contributed by atoms with Gasteiger partial charge in [-0.25, -0.2) is 9.97 Å². The number of anilines is 1. The molecule has 0 aliphatic carbocycles. The minimum absolute atomic E-state index is 0.0987. The molecule has 4 rings (SSSR count). The lowest BCUT2D eigenvalue weighted by Gasteiger charge is -2.27. The fourth-order valence-electron chi connectivity index (χ4n) is 3.07. The Morgan fingerprint density at radius 2 is 1.77 bits per heavy atom. The van der Waals surface area contributed by atoms with Crippen LogP contribution < -0.4 is 4.90 Å². The minimum Gasteiger partial charge on any atom is -0.378 e. The normalized spacial score (nSPS) is 15.4. The van der Waals surface area contributed by atoms with Crippen molar-refractivity contribution in [3.8, 4) is 11.3 Å². The molecular formula is C19H16F3N3O. The number of aromatic nitrogens is 2. The number of benzene rings is 1. The van der Waals surface area contributed by atoms with Crippen LogP contribution in [0.2, 0.25) is 0 Å². The van der Waals surface area contributed by atoms with Gasteiger partial charge in [0.05, 0.1) is 30.0 Å². The maximum atomic E-state index is 13.5. The number of fused-ring (bicyclic) bond motifs is 1. The lowest BCUT2D eigenvalue weighted by Crippen LogP contribution is -2.36. The highest BCUT2D eigenvalue weighted by Gasteiger charge is 2.33. The number of morpholine rings is 1. The van der Waals surface area contributed by atoms with Gasteiger partial charge in [0.1, 0.15) is 5.82 Å². The topological polar surface area (TPSA) is 38.2 Å². The van der Waals surface area contributed by atoms with Crippen molar-refractivity contribution in [1.29, 1.82) is 0 Å². The second kappa shape index (κ2) is 6.57. The smallest absolute Gasteiger partial charge is 0.378 e. The lowest BCUT2D eigenvalue weighted by molar-refractivity contribution is -0.136. The Hall–Kier alpha value is -2.67. The number of pyridine rings is 2. The zero-order valence-corrected chi connectivity index (χ0v) is 13.8. The SMILES string of the molecule is FC(F)(F)c1cc(-c2ccc(N3CCOCC3)nc2)nc2ccccc12. The highest BCUT2D eigenvalue weighted by atomic mass is 19.4. The molecule has 0 unspecified atom stereocenters. The average molecular weight is 359 g/mol. The minimum atomic E-state index is -4.45. The van der Waals surface area contributed by atoms with Gasteiger partial charge in [0.15, 0.2) is 0 Å². The summed E-state index contributed by atoms with van der Waals surface area (Å²) in [6, 6.07) is 10.9. The van der Waals surface area contributed by atoms with E-state index in [4.69, 9.17) is 4.74 Å². The van der Waals surface area contributed by atoms with Crippen LogP contribution in [0.3, 0.4) is 0 Å². The highest BCUT2D eigenvalue weighted by molar-refractivity contribution is 5.85. The van der Waals surface area contributed by atoms with Crippen molar-refractivity contribution >= 4 is 16.7 Å². The summed E-state index contributed by atoms with van der Waals surface area (Å²) < 4.78 is 45.7. The Labute approximate surface area is 148 Å². The molecule has 0 bridgehead atoms. The molecular weight excluding hydrogens is 343 g/mol. The maximum Gasteiger partial charge on any atom is 0.417 e. The van der Waals surface area contributed by atoms with Gasteiger partial charge in [-0.3, -0.25) is 0 Å².